The Morgan fingerprint density at radius 2 is 1.76 bits per heavy atom. The molecule has 0 unspecified atom stereocenters. The van der Waals surface area contributed by atoms with Crippen molar-refractivity contribution < 1.29 is 18.7 Å². The highest BCUT2D eigenvalue weighted by Crippen LogP contribution is 2.19. The van der Waals surface area contributed by atoms with E-state index >= 15 is 0 Å². The van der Waals surface area contributed by atoms with Crippen LogP contribution in [0.25, 0.3) is 0 Å². The quantitative estimate of drug-likeness (QED) is 0.836. The number of hydrogen-bond donors (Lipinski definition) is 0. The first-order valence-electron chi connectivity index (χ1n) is 8.41. The van der Waals surface area contributed by atoms with Gasteiger partial charge < -0.3 is 19.0 Å². The molecule has 0 bridgehead atoms. The largest absolute Gasteiger partial charge is 0.496 e. The Balaban J connectivity index is 1.49. The number of hydrogen-bond acceptors (Lipinski definition) is 4. The van der Waals surface area contributed by atoms with E-state index in [1.807, 2.05) is 29.2 Å². The fraction of sp³-hybridized carbons (Fsp3) is 0.368. The molecule has 25 heavy (non-hydrogen) atoms. The number of rotatable bonds is 5. The number of nitrogens with zero attached hydrogens (tertiary/aromatic N) is 2. The van der Waals surface area contributed by atoms with Crippen LogP contribution < -0.4 is 4.74 Å². The smallest absolute Gasteiger partial charge is 0.289 e. The molecular formula is C19H22N2O4. The highest BCUT2D eigenvalue weighted by molar-refractivity contribution is 5.91. The number of furan rings is 1. The average Bonchev–Trinajstić information content (AvgIpc) is 3.20. The molecule has 0 spiro atoms. The number of benzene rings is 1. The van der Waals surface area contributed by atoms with Crippen LogP contribution in [-0.2, 0) is 11.2 Å². The Hall–Kier alpha value is -2.76. The van der Waals surface area contributed by atoms with Gasteiger partial charge in [0, 0.05) is 32.6 Å². The van der Waals surface area contributed by atoms with Gasteiger partial charge in [-0.05, 0) is 30.2 Å². The van der Waals surface area contributed by atoms with Gasteiger partial charge in [-0.15, -0.1) is 0 Å². The Morgan fingerprint density at radius 3 is 2.44 bits per heavy atom. The average molecular weight is 342 g/mol. The molecule has 1 fully saturated rings. The highest BCUT2D eigenvalue weighted by Gasteiger charge is 2.25. The molecule has 1 saturated heterocycles. The summed E-state index contributed by atoms with van der Waals surface area (Å²) in [5.74, 6) is 1.14. The third kappa shape index (κ3) is 4.02. The second kappa shape index (κ2) is 7.88. The van der Waals surface area contributed by atoms with E-state index in [0.717, 1.165) is 11.3 Å². The maximum atomic E-state index is 12.4. The summed E-state index contributed by atoms with van der Waals surface area (Å²) in [7, 11) is 1.63. The molecule has 1 aliphatic rings. The second-order valence-corrected chi connectivity index (χ2v) is 5.96. The summed E-state index contributed by atoms with van der Waals surface area (Å²) in [6.45, 7) is 2.16. The van der Waals surface area contributed by atoms with Gasteiger partial charge in [-0.3, -0.25) is 9.59 Å². The molecule has 2 amide bonds. The van der Waals surface area contributed by atoms with Crippen LogP contribution in [0.4, 0.5) is 0 Å². The van der Waals surface area contributed by atoms with E-state index in [1.165, 1.54) is 6.26 Å². The lowest BCUT2D eigenvalue weighted by Crippen LogP contribution is -2.50. The van der Waals surface area contributed by atoms with Crippen LogP contribution in [0.3, 0.4) is 0 Å². The van der Waals surface area contributed by atoms with Crippen LogP contribution >= 0.6 is 0 Å². The van der Waals surface area contributed by atoms with Gasteiger partial charge in [0.1, 0.15) is 5.75 Å². The molecule has 6 nitrogen and oxygen atoms in total. The first kappa shape index (κ1) is 17.1. The van der Waals surface area contributed by atoms with Crippen molar-refractivity contribution in [2.75, 3.05) is 33.3 Å². The molecular weight excluding hydrogens is 320 g/mol. The van der Waals surface area contributed by atoms with Gasteiger partial charge in [0.2, 0.25) is 5.91 Å². The lowest BCUT2D eigenvalue weighted by molar-refractivity contribution is -0.132. The Bertz CT molecular complexity index is 719. The fourth-order valence-corrected chi connectivity index (χ4v) is 3.02. The minimum Gasteiger partial charge on any atom is -0.496 e. The number of para-hydroxylation sites is 1. The maximum Gasteiger partial charge on any atom is 0.289 e. The molecule has 132 valence electrons. The van der Waals surface area contributed by atoms with Crippen molar-refractivity contribution in [3.8, 4) is 5.75 Å². The van der Waals surface area contributed by atoms with Crippen LogP contribution in [0.5, 0.6) is 5.75 Å². The van der Waals surface area contributed by atoms with E-state index in [1.54, 1.807) is 24.1 Å². The molecule has 0 saturated carbocycles. The molecule has 0 radical (unpaired) electrons. The monoisotopic (exact) mass is 342 g/mol. The van der Waals surface area contributed by atoms with Gasteiger partial charge in [0.15, 0.2) is 5.76 Å². The molecule has 6 heteroatoms. The summed E-state index contributed by atoms with van der Waals surface area (Å²) in [6.07, 6.45) is 2.58. The summed E-state index contributed by atoms with van der Waals surface area (Å²) in [5, 5.41) is 0. The zero-order valence-electron chi connectivity index (χ0n) is 14.3. The number of piperazine rings is 1. The number of carbonyl (C=O) groups is 2. The summed E-state index contributed by atoms with van der Waals surface area (Å²) in [4.78, 5) is 28.2. The van der Waals surface area contributed by atoms with Crippen molar-refractivity contribution in [2.24, 2.45) is 0 Å². The number of ether oxygens (including phenoxy) is 1. The van der Waals surface area contributed by atoms with E-state index < -0.39 is 0 Å². The normalized spacial score (nSPS) is 14.4. The number of carbonyl (C=O) groups excluding carboxylic acids is 2. The number of amides is 2. The van der Waals surface area contributed by atoms with Gasteiger partial charge >= 0.3 is 0 Å². The molecule has 0 N–H and O–H groups in total. The van der Waals surface area contributed by atoms with Crippen molar-refractivity contribution >= 4 is 11.8 Å². The van der Waals surface area contributed by atoms with Crippen molar-refractivity contribution in [1.29, 1.82) is 0 Å². The molecule has 2 heterocycles. The molecule has 1 aromatic heterocycles. The Morgan fingerprint density at radius 1 is 1.04 bits per heavy atom. The standard InChI is InChI=1S/C19H22N2O4/c1-24-16-6-3-2-5-15(16)8-9-18(22)20-10-12-21(13-11-20)19(23)17-7-4-14-25-17/h2-7,14H,8-13H2,1H3. The van der Waals surface area contributed by atoms with E-state index in [9.17, 15) is 9.59 Å². The zero-order chi connectivity index (χ0) is 17.6. The summed E-state index contributed by atoms with van der Waals surface area (Å²) in [6, 6.07) is 11.1. The minimum atomic E-state index is -0.119. The van der Waals surface area contributed by atoms with E-state index in [4.69, 9.17) is 9.15 Å². The summed E-state index contributed by atoms with van der Waals surface area (Å²) in [5.41, 5.74) is 1.03. The van der Waals surface area contributed by atoms with Gasteiger partial charge in [-0.1, -0.05) is 18.2 Å². The fourth-order valence-electron chi connectivity index (χ4n) is 3.02. The van der Waals surface area contributed by atoms with Crippen molar-refractivity contribution in [2.45, 2.75) is 12.8 Å². The van der Waals surface area contributed by atoms with Gasteiger partial charge in [0.25, 0.3) is 5.91 Å². The highest BCUT2D eigenvalue weighted by atomic mass is 16.5. The van der Waals surface area contributed by atoms with Crippen LogP contribution in [0.2, 0.25) is 0 Å². The third-order valence-corrected chi connectivity index (χ3v) is 4.45. The van der Waals surface area contributed by atoms with Gasteiger partial charge in [-0.25, -0.2) is 0 Å². The predicted octanol–water partition coefficient (Wildman–Crippen LogP) is 2.21. The van der Waals surface area contributed by atoms with Gasteiger partial charge in [0.05, 0.1) is 13.4 Å². The SMILES string of the molecule is COc1ccccc1CCC(=O)N1CCN(C(=O)c2ccco2)CC1. The molecule has 0 atom stereocenters. The molecule has 2 aromatic rings. The first-order chi connectivity index (χ1) is 12.2. The van der Waals surface area contributed by atoms with E-state index in [2.05, 4.69) is 0 Å². The third-order valence-electron chi connectivity index (χ3n) is 4.45. The van der Waals surface area contributed by atoms with Crippen LogP contribution in [0.15, 0.2) is 47.1 Å². The van der Waals surface area contributed by atoms with E-state index in [0.29, 0.717) is 44.8 Å². The second-order valence-electron chi connectivity index (χ2n) is 5.96. The molecule has 1 aromatic carbocycles. The Kier molecular flexibility index (Phi) is 5.38. The van der Waals surface area contributed by atoms with Crippen LogP contribution in [-0.4, -0.2) is 54.9 Å². The topological polar surface area (TPSA) is 63.0 Å². The number of methoxy groups -OCH3 is 1. The zero-order valence-corrected chi connectivity index (χ0v) is 14.3. The van der Waals surface area contributed by atoms with Crippen LogP contribution in [0.1, 0.15) is 22.5 Å². The first-order valence-corrected chi connectivity index (χ1v) is 8.41. The molecule has 1 aliphatic heterocycles. The van der Waals surface area contributed by atoms with Crippen molar-refractivity contribution in [3.63, 3.8) is 0 Å². The Labute approximate surface area is 147 Å². The minimum absolute atomic E-state index is 0.107. The summed E-state index contributed by atoms with van der Waals surface area (Å²) >= 11 is 0. The molecule has 0 aliphatic carbocycles. The van der Waals surface area contributed by atoms with Gasteiger partial charge in [-0.2, -0.15) is 0 Å². The van der Waals surface area contributed by atoms with Crippen molar-refractivity contribution in [3.05, 3.63) is 54.0 Å². The van der Waals surface area contributed by atoms with E-state index in [-0.39, 0.29) is 11.8 Å². The maximum absolute atomic E-state index is 12.4. The van der Waals surface area contributed by atoms with Crippen LogP contribution in [0, 0.1) is 0 Å². The lowest BCUT2D eigenvalue weighted by Gasteiger charge is -2.34. The van der Waals surface area contributed by atoms with Crippen molar-refractivity contribution in [1.82, 2.24) is 9.80 Å². The summed E-state index contributed by atoms with van der Waals surface area (Å²) < 4.78 is 10.5. The number of aryl methyl sites for hydroxylation is 1. The lowest BCUT2D eigenvalue weighted by atomic mass is 10.1. The molecule has 3 rings (SSSR count). The predicted molar refractivity (Wildman–Crippen MR) is 92.5 cm³/mol.